The van der Waals surface area contributed by atoms with Gasteiger partial charge in [0.05, 0.1) is 16.6 Å². The highest BCUT2D eigenvalue weighted by atomic mass is 32.1. The minimum absolute atomic E-state index is 0.925. The molecule has 7 aromatic rings. The molecule has 0 amide bonds. The van der Waals surface area contributed by atoms with E-state index in [-0.39, 0.29) is 0 Å². The molecular formula is C47H36N2S. The summed E-state index contributed by atoms with van der Waals surface area (Å²) in [5.41, 5.74) is 11.7. The van der Waals surface area contributed by atoms with Crippen molar-refractivity contribution in [2.24, 2.45) is 0 Å². The van der Waals surface area contributed by atoms with Crippen molar-refractivity contribution in [3.05, 3.63) is 178 Å². The van der Waals surface area contributed by atoms with Crippen LogP contribution in [0.2, 0.25) is 0 Å². The first kappa shape index (κ1) is 30.2. The second-order valence-electron chi connectivity index (χ2n) is 13.0. The first-order chi connectivity index (χ1) is 24.5. The van der Waals surface area contributed by atoms with Gasteiger partial charge in [0.2, 0.25) is 0 Å². The molecule has 0 fully saturated rings. The van der Waals surface area contributed by atoms with Gasteiger partial charge in [0.15, 0.2) is 0 Å². The number of aromatic nitrogens is 1. The van der Waals surface area contributed by atoms with Gasteiger partial charge in [0.25, 0.3) is 0 Å². The normalized spacial score (nSPS) is 16.0. The van der Waals surface area contributed by atoms with E-state index in [1.165, 1.54) is 75.2 Å². The molecule has 5 aromatic carbocycles. The van der Waals surface area contributed by atoms with Crippen LogP contribution in [-0.2, 0) is 0 Å². The fourth-order valence-corrected chi connectivity index (χ4v) is 8.94. The number of rotatable bonds is 5. The number of fused-ring (bicyclic) bond motifs is 6. The first-order valence-electron chi connectivity index (χ1n) is 17.1. The number of para-hydroxylation sites is 1. The van der Waals surface area contributed by atoms with Crippen LogP contribution in [0.4, 0.5) is 5.69 Å². The third kappa shape index (κ3) is 4.69. The van der Waals surface area contributed by atoms with Crippen molar-refractivity contribution in [2.75, 3.05) is 11.9 Å². The highest BCUT2D eigenvalue weighted by Gasteiger charge is 2.20. The summed E-state index contributed by atoms with van der Waals surface area (Å²) < 4.78 is 3.77. The van der Waals surface area contributed by atoms with E-state index >= 15 is 0 Å². The fraction of sp³-hybridized carbons (Fsp3) is 0.0638. The number of benzene rings is 5. The number of hydrogen-bond donors (Lipinski definition) is 0. The minimum Gasteiger partial charge on any atom is -0.350 e. The van der Waals surface area contributed by atoms with Crippen LogP contribution in [0.3, 0.4) is 0 Å². The maximum Gasteiger partial charge on any atom is 0.0546 e. The molecule has 3 heterocycles. The van der Waals surface area contributed by atoms with Crippen molar-refractivity contribution in [1.82, 2.24) is 4.57 Å². The topological polar surface area (TPSA) is 8.17 Å². The second-order valence-corrected chi connectivity index (χ2v) is 14.1. The third-order valence-corrected chi connectivity index (χ3v) is 11.4. The summed E-state index contributed by atoms with van der Waals surface area (Å²) in [7, 11) is 2.12. The van der Waals surface area contributed by atoms with Gasteiger partial charge >= 0.3 is 0 Å². The van der Waals surface area contributed by atoms with Crippen LogP contribution < -0.4 is 15.5 Å². The van der Waals surface area contributed by atoms with Crippen molar-refractivity contribution in [1.29, 1.82) is 0 Å². The van der Waals surface area contributed by atoms with E-state index in [9.17, 15) is 0 Å². The second kappa shape index (κ2) is 11.9. The van der Waals surface area contributed by atoms with Gasteiger partial charge in [-0.25, -0.2) is 0 Å². The molecule has 3 heteroatoms. The van der Waals surface area contributed by atoms with Crippen LogP contribution in [0.15, 0.2) is 141 Å². The van der Waals surface area contributed by atoms with Crippen LogP contribution in [0.25, 0.3) is 72.4 Å². The lowest BCUT2D eigenvalue weighted by atomic mass is 9.92. The number of allylic oxidation sites excluding steroid dienone is 5. The monoisotopic (exact) mass is 660 g/mol. The zero-order valence-electron chi connectivity index (χ0n) is 28.3. The molecule has 0 N–H and O–H groups in total. The van der Waals surface area contributed by atoms with Crippen molar-refractivity contribution in [3.63, 3.8) is 0 Å². The molecule has 2 aliphatic rings. The number of hydrogen-bond acceptors (Lipinski definition) is 2. The van der Waals surface area contributed by atoms with Crippen molar-refractivity contribution >= 4 is 83.7 Å². The summed E-state index contributed by atoms with van der Waals surface area (Å²) in [6.45, 7) is 10.7. The zero-order chi connectivity index (χ0) is 33.9. The molecule has 0 saturated carbocycles. The Kier molecular flexibility index (Phi) is 7.19. The van der Waals surface area contributed by atoms with E-state index in [1.807, 2.05) is 17.4 Å². The summed E-state index contributed by atoms with van der Waals surface area (Å²) in [6.07, 6.45) is 16.5. The number of nitrogens with zero attached hydrogens (tertiary/aromatic N) is 2. The molecule has 1 aliphatic heterocycles. The number of thiophene rings is 1. The Labute approximate surface area is 296 Å². The van der Waals surface area contributed by atoms with Crippen LogP contribution >= 0.6 is 11.3 Å². The minimum atomic E-state index is 0.925. The fourth-order valence-electron chi connectivity index (χ4n) is 7.88. The molecule has 0 unspecified atom stereocenters. The average Bonchev–Trinajstić information content (AvgIpc) is 3.86. The molecule has 2 nitrogen and oxygen atoms in total. The van der Waals surface area contributed by atoms with Gasteiger partial charge in [-0.2, -0.15) is 0 Å². The highest BCUT2D eigenvalue weighted by molar-refractivity contribution is 7.20. The lowest BCUT2D eigenvalue weighted by Crippen LogP contribution is -2.25. The van der Waals surface area contributed by atoms with Gasteiger partial charge in [-0.1, -0.05) is 116 Å². The highest BCUT2D eigenvalue weighted by Crippen LogP contribution is 2.41. The average molecular weight is 661 g/mol. The van der Waals surface area contributed by atoms with Crippen molar-refractivity contribution in [2.45, 2.75) is 13.3 Å². The Hall–Kier alpha value is -5.90. The first-order valence-corrected chi connectivity index (χ1v) is 18.0. The number of anilines is 1. The molecule has 1 aliphatic carbocycles. The molecule has 0 bridgehead atoms. The van der Waals surface area contributed by atoms with E-state index in [1.54, 1.807) is 0 Å². The van der Waals surface area contributed by atoms with E-state index in [2.05, 4.69) is 176 Å². The Balaban J connectivity index is 1.25. The van der Waals surface area contributed by atoms with Crippen LogP contribution in [0, 0.1) is 0 Å². The van der Waals surface area contributed by atoms with Gasteiger partial charge in [-0.3, -0.25) is 0 Å². The molecule has 2 aromatic heterocycles. The maximum atomic E-state index is 4.38. The largest absolute Gasteiger partial charge is 0.350 e. The van der Waals surface area contributed by atoms with Gasteiger partial charge in [-0.15, -0.1) is 11.3 Å². The molecule has 50 heavy (non-hydrogen) atoms. The van der Waals surface area contributed by atoms with E-state index in [4.69, 9.17) is 0 Å². The van der Waals surface area contributed by atoms with Gasteiger partial charge in [-0.05, 0) is 83.0 Å². The Morgan fingerprint density at radius 1 is 0.800 bits per heavy atom. The zero-order valence-corrected chi connectivity index (χ0v) is 29.1. The summed E-state index contributed by atoms with van der Waals surface area (Å²) >= 11 is 1.81. The lowest BCUT2D eigenvalue weighted by molar-refractivity contribution is 1.08. The van der Waals surface area contributed by atoms with E-state index in [0.29, 0.717) is 0 Å². The summed E-state index contributed by atoms with van der Waals surface area (Å²) in [6, 6.07) is 37.7. The van der Waals surface area contributed by atoms with Crippen LogP contribution in [-0.4, -0.2) is 11.6 Å². The summed E-state index contributed by atoms with van der Waals surface area (Å²) in [5.74, 6) is 0. The Morgan fingerprint density at radius 3 is 2.46 bits per heavy atom. The standard InChI is InChI=1S/C47H36N2S/c1-5-35(47-39-17-10-12-21-46(39)50-45(47)6-2)34-26-32-14-7-8-16-37(32)44(28-34)49-42-20-13-18-38(42)40-27-31(24-25-43(40)49)33-23-22-30(3)36-15-9-11-19-41(36)48(4)29-33/h5-12,14-29H,2-3,13H2,1,4H3/b23-22-,33-29+,35-5-. The molecule has 0 radical (unpaired) electrons. The Bertz CT molecular complexity index is 2800. The predicted molar refractivity (Wildman–Crippen MR) is 219 cm³/mol. The molecule has 9 rings (SSSR count). The van der Waals surface area contributed by atoms with Crippen LogP contribution in [0.1, 0.15) is 40.5 Å². The molecule has 0 atom stereocenters. The quantitative estimate of drug-likeness (QED) is 0.178. The lowest BCUT2D eigenvalue weighted by Gasteiger charge is -2.22. The molecule has 0 spiro atoms. The van der Waals surface area contributed by atoms with Gasteiger partial charge < -0.3 is 9.47 Å². The van der Waals surface area contributed by atoms with E-state index in [0.717, 1.165) is 28.8 Å². The third-order valence-electron chi connectivity index (χ3n) is 10.2. The maximum absolute atomic E-state index is 4.38. The van der Waals surface area contributed by atoms with Gasteiger partial charge in [0.1, 0.15) is 0 Å². The molecule has 240 valence electrons. The predicted octanol–water partition coefficient (Wildman–Crippen LogP) is 11.1. The molecular weight excluding hydrogens is 625 g/mol. The summed E-state index contributed by atoms with van der Waals surface area (Å²) in [5, 5.41) is 7.56. The molecule has 0 saturated heterocycles. The van der Waals surface area contributed by atoms with E-state index < -0.39 is 0 Å². The van der Waals surface area contributed by atoms with Crippen LogP contribution in [0.5, 0.6) is 0 Å². The summed E-state index contributed by atoms with van der Waals surface area (Å²) in [4.78, 5) is 3.41. The van der Waals surface area contributed by atoms with Gasteiger partial charge in [0, 0.05) is 61.0 Å². The van der Waals surface area contributed by atoms with Crippen molar-refractivity contribution in [3.8, 4) is 5.69 Å². The van der Waals surface area contributed by atoms with Crippen molar-refractivity contribution < 1.29 is 0 Å². The smallest absolute Gasteiger partial charge is 0.0546 e. The SMILES string of the molecule is C=Cc1sc2ccccc2c1/C(=C\C)c1cc(-n2c3c(c4cc(C5=C/N(C)c6ccccc6C(=C)/C=C\5)ccc42)=CCC=3)c2ccccc2c1. The Morgan fingerprint density at radius 2 is 1.60 bits per heavy atom.